The van der Waals surface area contributed by atoms with Crippen LogP contribution in [0.15, 0.2) is 147 Å². The highest BCUT2D eigenvalue weighted by Crippen LogP contribution is 2.42. The van der Waals surface area contributed by atoms with E-state index >= 15 is 0 Å². The maximum absolute atomic E-state index is 5.25. The van der Waals surface area contributed by atoms with Crippen LogP contribution in [0.25, 0.3) is 86.8 Å². The molecule has 2 nitrogen and oxygen atoms in total. The molecule has 0 saturated carbocycles. The highest BCUT2D eigenvalue weighted by molar-refractivity contribution is 6.26. The van der Waals surface area contributed by atoms with E-state index < -0.39 is 0 Å². The molecule has 10 aromatic rings. The van der Waals surface area contributed by atoms with Gasteiger partial charge in [0.25, 0.3) is 0 Å². The third kappa shape index (κ3) is 3.41. The molecule has 0 N–H and O–H groups in total. The van der Waals surface area contributed by atoms with Gasteiger partial charge in [-0.2, -0.15) is 0 Å². The summed E-state index contributed by atoms with van der Waals surface area (Å²) in [5.41, 5.74) is 6.97. The van der Waals surface area contributed by atoms with Crippen LogP contribution in [-0.2, 0) is 0 Å². The standard InChI is InChI=1S/C44H26N2/c1-25(33-21-17-31-15-13-27-7-5-9-29-19-23-35(33)41(31)39(27)29)43-44(46-38-12-4-3-11-37(38)45-43)26(2)34-22-18-32-16-14-28-8-6-10-30-20-24-36(34)42(32)40(28)30/h3-24H,1-2H2. The fraction of sp³-hybridized carbons (Fsp3) is 0. The van der Waals surface area contributed by atoms with E-state index in [9.17, 15) is 0 Å². The highest BCUT2D eigenvalue weighted by Gasteiger charge is 2.22. The van der Waals surface area contributed by atoms with E-state index in [-0.39, 0.29) is 0 Å². The molecule has 0 bridgehead atoms. The number of fused-ring (bicyclic) bond motifs is 1. The van der Waals surface area contributed by atoms with Gasteiger partial charge in [-0.05, 0) is 87.9 Å². The molecule has 0 aliphatic heterocycles. The van der Waals surface area contributed by atoms with Crippen LogP contribution in [0.4, 0.5) is 0 Å². The lowest BCUT2D eigenvalue weighted by Gasteiger charge is -2.19. The highest BCUT2D eigenvalue weighted by atomic mass is 14.8. The topological polar surface area (TPSA) is 25.8 Å². The molecule has 46 heavy (non-hydrogen) atoms. The van der Waals surface area contributed by atoms with Crippen molar-refractivity contribution in [3.8, 4) is 0 Å². The van der Waals surface area contributed by atoms with Gasteiger partial charge in [0.05, 0.1) is 22.4 Å². The summed E-state index contributed by atoms with van der Waals surface area (Å²) in [5, 5.41) is 14.8. The minimum absolute atomic E-state index is 0.754. The number of rotatable bonds is 4. The van der Waals surface area contributed by atoms with E-state index in [1.807, 2.05) is 24.3 Å². The van der Waals surface area contributed by atoms with Crippen LogP contribution in [0.2, 0.25) is 0 Å². The number of hydrogen-bond donors (Lipinski definition) is 0. The van der Waals surface area contributed by atoms with Crippen LogP contribution >= 0.6 is 0 Å². The first-order valence-electron chi connectivity index (χ1n) is 15.6. The monoisotopic (exact) mass is 582 g/mol. The number of nitrogens with zero attached hydrogens (tertiary/aromatic N) is 2. The van der Waals surface area contributed by atoms with E-state index in [1.165, 1.54) is 64.6 Å². The summed E-state index contributed by atoms with van der Waals surface area (Å²) in [4.78, 5) is 10.5. The van der Waals surface area contributed by atoms with E-state index in [1.54, 1.807) is 0 Å². The van der Waals surface area contributed by atoms with Crippen molar-refractivity contribution in [3.63, 3.8) is 0 Å². The molecule has 0 fully saturated rings. The summed E-state index contributed by atoms with van der Waals surface area (Å²) in [6, 6.07) is 47.6. The summed E-state index contributed by atoms with van der Waals surface area (Å²) in [7, 11) is 0. The molecular formula is C44H26N2. The van der Waals surface area contributed by atoms with Crippen molar-refractivity contribution in [2.24, 2.45) is 0 Å². The van der Waals surface area contributed by atoms with Gasteiger partial charge in [0.1, 0.15) is 0 Å². The smallest absolute Gasteiger partial charge is 0.0973 e. The molecule has 0 atom stereocenters. The Bertz CT molecular complexity index is 2660. The fourth-order valence-corrected chi connectivity index (χ4v) is 7.67. The molecule has 0 spiro atoms. The van der Waals surface area contributed by atoms with Crippen LogP contribution in [0.3, 0.4) is 0 Å². The van der Waals surface area contributed by atoms with Crippen molar-refractivity contribution in [1.82, 2.24) is 9.97 Å². The number of aromatic nitrogens is 2. The first-order chi connectivity index (χ1) is 22.6. The van der Waals surface area contributed by atoms with Crippen LogP contribution in [-0.4, -0.2) is 9.97 Å². The lowest BCUT2D eigenvalue weighted by atomic mass is 9.87. The minimum atomic E-state index is 0.754. The van der Waals surface area contributed by atoms with Crippen molar-refractivity contribution >= 4 is 86.8 Å². The number of benzene rings is 9. The second-order valence-corrected chi connectivity index (χ2v) is 12.3. The molecule has 1 heterocycles. The van der Waals surface area contributed by atoms with Crippen molar-refractivity contribution in [2.45, 2.75) is 0 Å². The predicted molar refractivity (Wildman–Crippen MR) is 196 cm³/mol. The maximum atomic E-state index is 5.25. The lowest BCUT2D eigenvalue weighted by molar-refractivity contribution is 1.21. The van der Waals surface area contributed by atoms with Crippen molar-refractivity contribution in [2.75, 3.05) is 0 Å². The Morgan fingerprint density at radius 3 is 1.11 bits per heavy atom. The Hall–Kier alpha value is -6.12. The van der Waals surface area contributed by atoms with Gasteiger partial charge >= 0.3 is 0 Å². The zero-order valence-corrected chi connectivity index (χ0v) is 25.0. The van der Waals surface area contributed by atoms with Gasteiger partial charge in [0, 0.05) is 11.1 Å². The second kappa shape index (κ2) is 9.20. The first-order valence-corrected chi connectivity index (χ1v) is 15.6. The van der Waals surface area contributed by atoms with E-state index in [2.05, 4.69) is 109 Å². The van der Waals surface area contributed by atoms with E-state index in [0.29, 0.717) is 0 Å². The van der Waals surface area contributed by atoms with Crippen molar-refractivity contribution in [1.29, 1.82) is 0 Å². The summed E-state index contributed by atoms with van der Waals surface area (Å²) >= 11 is 0. The van der Waals surface area contributed by atoms with Gasteiger partial charge in [0.15, 0.2) is 0 Å². The van der Waals surface area contributed by atoms with E-state index in [0.717, 1.165) is 44.7 Å². The molecule has 0 radical (unpaired) electrons. The average Bonchev–Trinajstić information content (AvgIpc) is 3.11. The molecule has 0 aliphatic carbocycles. The molecular weight excluding hydrogens is 556 g/mol. The molecule has 2 heteroatoms. The van der Waals surface area contributed by atoms with Crippen LogP contribution in [0.5, 0.6) is 0 Å². The maximum Gasteiger partial charge on any atom is 0.0973 e. The van der Waals surface area contributed by atoms with Gasteiger partial charge < -0.3 is 0 Å². The third-order valence-electron chi connectivity index (χ3n) is 9.85. The van der Waals surface area contributed by atoms with Crippen molar-refractivity contribution in [3.05, 3.63) is 169 Å². The average molecular weight is 583 g/mol. The molecule has 9 aromatic carbocycles. The van der Waals surface area contributed by atoms with Gasteiger partial charge in [-0.3, -0.25) is 0 Å². The minimum Gasteiger partial charge on any atom is -0.244 e. The Kier molecular flexibility index (Phi) is 5.05. The van der Waals surface area contributed by atoms with Crippen LogP contribution in [0, 0.1) is 0 Å². The first kappa shape index (κ1) is 25.2. The van der Waals surface area contributed by atoms with E-state index in [4.69, 9.17) is 23.1 Å². The molecule has 10 rings (SSSR count). The van der Waals surface area contributed by atoms with Gasteiger partial charge in [0.2, 0.25) is 0 Å². The molecule has 0 unspecified atom stereocenters. The molecule has 0 amide bonds. The van der Waals surface area contributed by atoms with Gasteiger partial charge in [-0.25, -0.2) is 9.97 Å². The molecule has 212 valence electrons. The molecule has 1 aromatic heterocycles. The summed E-state index contributed by atoms with van der Waals surface area (Å²) in [5.74, 6) is 0. The Morgan fingerprint density at radius 1 is 0.348 bits per heavy atom. The van der Waals surface area contributed by atoms with Gasteiger partial charge in [-0.1, -0.05) is 134 Å². The van der Waals surface area contributed by atoms with Gasteiger partial charge in [-0.15, -0.1) is 0 Å². The van der Waals surface area contributed by atoms with Crippen LogP contribution < -0.4 is 0 Å². The predicted octanol–water partition coefficient (Wildman–Crippen LogP) is 11.5. The third-order valence-corrected chi connectivity index (χ3v) is 9.85. The SMILES string of the molecule is C=C(c1nc2ccccc2nc1C(=C)c1ccc2ccc3cccc4ccc1c2c34)c1ccc2ccc3cccc4ccc1c2c34. The zero-order valence-electron chi connectivity index (χ0n) is 25.0. The fourth-order valence-electron chi connectivity index (χ4n) is 7.67. The molecule has 0 aliphatic rings. The quantitative estimate of drug-likeness (QED) is 0.193. The Balaban J connectivity index is 1.22. The second-order valence-electron chi connectivity index (χ2n) is 12.3. The normalized spacial score (nSPS) is 12.1. The molecule has 0 saturated heterocycles. The zero-order chi connectivity index (χ0) is 30.5. The largest absolute Gasteiger partial charge is 0.244 e. The summed E-state index contributed by atoms with van der Waals surface area (Å²) in [6.07, 6.45) is 0. The van der Waals surface area contributed by atoms with Crippen LogP contribution in [0.1, 0.15) is 22.5 Å². The Labute approximate surface area is 265 Å². The lowest BCUT2D eigenvalue weighted by Crippen LogP contribution is -2.04. The van der Waals surface area contributed by atoms with Crippen molar-refractivity contribution < 1.29 is 0 Å². The number of para-hydroxylation sites is 2. The summed E-state index contributed by atoms with van der Waals surface area (Å²) < 4.78 is 0. The Morgan fingerprint density at radius 2 is 0.696 bits per heavy atom. The summed E-state index contributed by atoms with van der Waals surface area (Å²) in [6.45, 7) is 9.41. The number of hydrogen-bond acceptors (Lipinski definition) is 2.